The Labute approximate surface area is 368 Å². The predicted octanol–water partition coefficient (Wildman–Crippen LogP) is 17.2. The van der Waals surface area contributed by atoms with Crippen LogP contribution in [0.15, 0.2) is 0 Å². The summed E-state index contributed by atoms with van der Waals surface area (Å²) in [7, 11) is 0. The van der Waals surface area contributed by atoms with Gasteiger partial charge < -0.3 is 14.2 Å². The van der Waals surface area contributed by atoms with Crippen LogP contribution in [0.25, 0.3) is 0 Å². The molecule has 0 amide bonds. The molecule has 6 nitrogen and oxygen atoms in total. The zero-order chi connectivity index (χ0) is 43.0. The Morgan fingerprint density at radius 3 is 0.678 bits per heavy atom. The van der Waals surface area contributed by atoms with E-state index in [4.69, 9.17) is 14.2 Å². The van der Waals surface area contributed by atoms with Gasteiger partial charge in [-0.25, -0.2) is 0 Å². The van der Waals surface area contributed by atoms with Crippen LogP contribution in [-0.2, 0) is 28.6 Å². The molecule has 0 saturated heterocycles. The highest BCUT2D eigenvalue weighted by Crippen LogP contribution is 2.17. The van der Waals surface area contributed by atoms with Gasteiger partial charge in [-0.15, -0.1) is 0 Å². The number of unbranched alkanes of at least 4 members (excludes halogenated alkanes) is 38. The van der Waals surface area contributed by atoms with Gasteiger partial charge in [0, 0.05) is 19.3 Å². The first kappa shape index (κ1) is 57.4. The highest BCUT2D eigenvalue weighted by Gasteiger charge is 2.19. The normalized spacial score (nSPS) is 11.8. The summed E-state index contributed by atoms with van der Waals surface area (Å²) in [5.74, 6) is -0.840. The van der Waals surface area contributed by atoms with E-state index in [0.717, 1.165) is 57.8 Å². The Morgan fingerprint density at radius 1 is 0.271 bits per heavy atom. The molecule has 0 aliphatic heterocycles. The third kappa shape index (κ3) is 47.3. The molecule has 0 aromatic heterocycles. The summed E-state index contributed by atoms with van der Waals surface area (Å²) in [5, 5.41) is 0. The Balaban J connectivity index is 4.27. The molecule has 6 heteroatoms. The molecule has 0 spiro atoms. The molecule has 0 saturated carbocycles. The maximum atomic E-state index is 12.8. The Bertz CT molecular complexity index is 874. The van der Waals surface area contributed by atoms with Crippen LogP contribution in [0.3, 0.4) is 0 Å². The largest absolute Gasteiger partial charge is 0.462 e. The van der Waals surface area contributed by atoms with E-state index in [1.54, 1.807) is 0 Å². The summed E-state index contributed by atoms with van der Waals surface area (Å²) in [6, 6.07) is 0. The van der Waals surface area contributed by atoms with Crippen molar-refractivity contribution < 1.29 is 28.6 Å². The SMILES string of the molecule is CCCCCCCCCCCCCCCCCCCC(=O)OC[C@H](COC(=O)CCCCCCCCCCCCCC)OC(=O)CCCCCCCCCCCCCC. The topological polar surface area (TPSA) is 78.9 Å². The van der Waals surface area contributed by atoms with Crippen LogP contribution in [0.5, 0.6) is 0 Å². The van der Waals surface area contributed by atoms with Gasteiger partial charge in [0.25, 0.3) is 0 Å². The Hall–Kier alpha value is -1.59. The smallest absolute Gasteiger partial charge is 0.306 e. The number of carbonyl (C=O) groups excluding carboxylic acids is 3. The predicted molar refractivity (Wildman–Crippen MR) is 252 cm³/mol. The van der Waals surface area contributed by atoms with E-state index in [2.05, 4.69) is 20.8 Å². The minimum Gasteiger partial charge on any atom is -0.462 e. The summed E-state index contributed by atoms with van der Waals surface area (Å²) in [5.41, 5.74) is 0. The second kappa shape index (κ2) is 49.1. The van der Waals surface area contributed by atoms with Gasteiger partial charge in [0.1, 0.15) is 13.2 Å². The van der Waals surface area contributed by atoms with E-state index in [0.29, 0.717) is 19.3 Å². The zero-order valence-corrected chi connectivity index (χ0v) is 40.1. The molecule has 0 aliphatic rings. The minimum atomic E-state index is -0.759. The molecule has 0 aromatic rings. The zero-order valence-electron chi connectivity index (χ0n) is 40.1. The third-order valence-corrected chi connectivity index (χ3v) is 12.1. The summed E-state index contributed by atoms with van der Waals surface area (Å²) >= 11 is 0. The molecule has 0 bridgehead atoms. The standard InChI is InChI=1S/C53H102O6/c1-4-7-10-13-16-19-22-25-26-27-28-29-32-34-37-40-43-46-52(55)58-49-50(59-53(56)47-44-41-38-35-31-24-21-18-15-12-9-6-3)48-57-51(54)45-42-39-36-33-30-23-20-17-14-11-8-5-2/h50H,4-49H2,1-3H3/t50-/m0/s1. The van der Waals surface area contributed by atoms with Crippen LogP contribution in [0, 0.1) is 0 Å². The molecule has 350 valence electrons. The average molecular weight is 835 g/mol. The van der Waals surface area contributed by atoms with E-state index in [1.807, 2.05) is 0 Å². The van der Waals surface area contributed by atoms with Crippen molar-refractivity contribution in [1.82, 2.24) is 0 Å². The highest BCUT2D eigenvalue weighted by atomic mass is 16.6. The van der Waals surface area contributed by atoms with Gasteiger partial charge in [-0.2, -0.15) is 0 Å². The van der Waals surface area contributed by atoms with E-state index in [1.165, 1.54) is 205 Å². The lowest BCUT2D eigenvalue weighted by Gasteiger charge is -2.18. The van der Waals surface area contributed by atoms with Crippen LogP contribution in [0.2, 0.25) is 0 Å². The van der Waals surface area contributed by atoms with Gasteiger partial charge in [-0.3, -0.25) is 14.4 Å². The van der Waals surface area contributed by atoms with Crippen molar-refractivity contribution in [2.75, 3.05) is 13.2 Å². The van der Waals surface area contributed by atoms with Crippen LogP contribution in [0.1, 0.15) is 303 Å². The van der Waals surface area contributed by atoms with Crippen molar-refractivity contribution in [2.45, 2.75) is 309 Å². The van der Waals surface area contributed by atoms with Gasteiger partial charge in [-0.05, 0) is 19.3 Å². The van der Waals surface area contributed by atoms with Gasteiger partial charge in [0.2, 0.25) is 0 Å². The van der Waals surface area contributed by atoms with Crippen molar-refractivity contribution in [3.05, 3.63) is 0 Å². The number of carbonyl (C=O) groups is 3. The van der Waals surface area contributed by atoms with E-state index >= 15 is 0 Å². The molecular formula is C53H102O6. The summed E-state index contributed by atoms with van der Waals surface area (Å²) in [4.78, 5) is 37.9. The molecule has 0 fully saturated rings. The summed E-state index contributed by atoms with van der Waals surface area (Å²) < 4.78 is 16.8. The molecule has 0 aromatic carbocycles. The number of hydrogen-bond acceptors (Lipinski definition) is 6. The van der Waals surface area contributed by atoms with Gasteiger partial charge in [0.05, 0.1) is 0 Å². The first-order chi connectivity index (χ1) is 29.0. The number of ether oxygens (including phenoxy) is 3. The molecule has 0 N–H and O–H groups in total. The number of hydrogen-bond donors (Lipinski definition) is 0. The maximum absolute atomic E-state index is 12.8. The molecule has 0 unspecified atom stereocenters. The quantitative estimate of drug-likeness (QED) is 0.0345. The van der Waals surface area contributed by atoms with Crippen molar-refractivity contribution in [2.24, 2.45) is 0 Å². The fraction of sp³-hybridized carbons (Fsp3) is 0.943. The monoisotopic (exact) mass is 835 g/mol. The third-order valence-electron chi connectivity index (χ3n) is 12.1. The van der Waals surface area contributed by atoms with Crippen molar-refractivity contribution >= 4 is 17.9 Å². The first-order valence-electron chi connectivity index (χ1n) is 26.5. The Kier molecular flexibility index (Phi) is 47.7. The van der Waals surface area contributed by atoms with Crippen LogP contribution >= 0.6 is 0 Å². The van der Waals surface area contributed by atoms with Gasteiger partial charge >= 0.3 is 17.9 Å². The van der Waals surface area contributed by atoms with Crippen molar-refractivity contribution in [3.63, 3.8) is 0 Å². The van der Waals surface area contributed by atoms with Gasteiger partial charge in [0.15, 0.2) is 6.10 Å². The fourth-order valence-electron chi connectivity index (χ4n) is 8.09. The molecular weight excluding hydrogens is 733 g/mol. The molecule has 0 rings (SSSR count). The highest BCUT2D eigenvalue weighted by molar-refractivity contribution is 5.71. The average Bonchev–Trinajstić information content (AvgIpc) is 3.23. The summed E-state index contributed by atoms with van der Waals surface area (Å²) in [6.45, 7) is 6.68. The fourth-order valence-corrected chi connectivity index (χ4v) is 8.09. The Morgan fingerprint density at radius 2 is 0.458 bits per heavy atom. The minimum absolute atomic E-state index is 0.0616. The number of esters is 3. The summed E-state index contributed by atoms with van der Waals surface area (Å²) in [6.07, 6.45) is 52.3. The number of rotatable bonds is 49. The second-order valence-electron chi connectivity index (χ2n) is 18.2. The van der Waals surface area contributed by atoms with Crippen LogP contribution < -0.4 is 0 Å². The van der Waals surface area contributed by atoms with Crippen LogP contribution in [0.4, 0.5) is 0 Å². The second-order valence-corrected chi connectivity index (χ2v) is 18.2. The van der Waals surface area contributed by atoms with Crippen molar-refractivity contribution in [3.8, 4) is 0 Å². The molecule has 0 radical (unpaired) electrons. The lowest BCUT2D eigenvalue weighted by molar-refractivity contribution is -0.167. The molecule has 1 atom stereocenters. The molecule has 59 heavy (non-hydrogen) atoms. The van der Waals surface area contributed by atoms with Gasteiger partial charge in [-0.1, -0.05) is 265 Å². The lowest BCUT2D eigenvalue weighted by atomic mass is 10.0. The molecule has 0 heterocycles. The van der Waals surface area contributed by atoms with Crippen molar-refractivity contribution in [1.29, 1.82) is 0 Å². The first-order valence-corrected chi connectivity index (χ1v) is 26.5. The van der Waals surface area contributed by atoms with E-state index in [-0.39, 0.29) is 31.1 Å². The van der Waals surface area contributed by atoms with Crippen LogP contribution in [-0.4, -0.2) is 37.2 Å². The molecule has 0 aliphatic carbocycles. The lowest BCUT2D eigenvalue weighted by Crippen LogP contribution is -2.30. The maximum Gasteiger partial charge on any atom is 0.306 e. The van der Waals surface area contributed by atoms with E-state index in [9.17, 15) is 14.4 Å². The van der Waals surface area contributed by atoms with E-state index < -0.39 is 6.10 Å².